The minimum atomic E-state index is -0.159. The van der Waals surface area contributed by atoms with Gasteiger partial charge in [-0.1, -0.05) is 24.3 Å². The van der Waals surface area contributed by atoms with Crippen molar-refractivity contribution in [2.24, 2.45) is 0 Å². The molecule has 0 fully saturated rings. The molecule has 2 N–H and O–H groups in total. The zero-order chi connectivity index (χ0) is 16.7. The lowest BCUT2D eigenvalue weighted by Gasteiger charge is -2.27. The molecule has 0 atom stereocenters. The van der Waals surface area contributed by atoms with Crippen LogP contribution < -0.4 is 10.5 Å². The Morgan fingerprint density at radius 2 is 2.12 bits per heavy atom. The van der Waals surface area contributed by atoms with Crippen LogP contribution in [0.4, 0.5) is 5.95 Å². The van der Waals surface area contributed by atoms with E-state index in [0.29, 0.717) is 17.0 Å². The molecule has 6 heteroatoms. The number of benzene rings is 1. The van der Waals surface area contributed by atoms with Gasteiger partial charge in [0.25, 0.3) is 5.56 Å². The van der Waals surface area contributed by atoms with E-state index in [1.165, 1.54) is 28.5 Å². The van der Waals surface area contributed by atoms with Gasteiger partial charge in [0.15, 0.2) is 5.65 Å². The molecule has 4 rings (SSSR count). The normalized spacial score (nSPS) is 14.9. The van der Waals surface area contributed by atoms with Crippen LogP contribution in [0, 0.1) is 13.8 Å². The fourth-order valence-corrected chi connectivity index (χ4v) is 3.19. The zero-order valence-electron chi connectivity index (χ0n) is 13.8. The number of hydrogen-bond acceptors (Lipinski definition) is 4. The lowest BCUT2D eigenvalue weighted by atomic mass is 9.93. The van der Waals surface area contributed by atoms with Crippen LogP contribution in [-0.4, -0.2) is 33.3 Å². The summed E-state index contributed by atoms with van der Waals surface area (Å²) in [5, 5.41) is 7.13. The van der Waals surface area contributed by atoms with E-state index >= 15 is 0 Å². The zero-order valence-corrected chi connectivity index (χ0v) is 13.8. The van der Waals surface area contributed by atoms with Gasteiger partial charge in [-0.3, -0.25) is 14.9 Å². The number of aromatic amines is 2. The molecule has 0 spiro atoms. The molecule has 2 aromatic heterocycles. The van der Waals surface area contributed by atoms with Crippen LogP contribution in [-0.2, 0) is 0 Å². The number of aromatic nitrogens is 4. The highest BCUT2D eigenvalue weighted by molar-refractivity contribution is 5.74. The van der Waals surface area contributed by atoms with Crippen molar-refractivity contribution in [2.75, 3.05) is 18.0 Å². The first kappa shape index (κ1) is 14.7. The monoisotopic (exact) mass is 321 g/mol. The second kappa shape index (κ2) is 5.63. The van der Waals surface area contributed by atoms with Crippen LogP contribution in [0.3, 0.4) is 0 Å². The summed E-state index contributed by atoms with van der Waals surface area (Å²) in [4.78, 5) is 21.5. The van der Waals surface area contributed by atoms with Crippen molar-refractivity contribution >= 4 is 22.6 Å². The van der Waals surface area contributed by atoms with Crippen molar-refractivity contribution in [2.45, 2.75) is 20.3 Å². The molecule has 24 heavy (non-hydrogen) atoms. The summed E-state index contributed by atoms with van der Waals surface area (Å²) < 4.78 is 0. The van der Waals surface area contributed by atoms with Crippen LogP contribution >= 0.6 is 0 Å². The Bertz CT molecular complexity index is 998. The summed E-state index contributed by atoms with van der Waals surface area (Å²) in [6, 6.07) is 6.43. The fourth-order valence-electron chi connectivity index (χ4n) is 3.19. The summed E-state index contributed by atoms with van der Waals surface area (Å²) >= 11 is 0. The first-order chi connectivity index (χ1) is 11.6. The SMILES string of the molecule is Cc1cccc(C2=CCN(c3nc4[nH]ncc4c(=O)[nH]3)CC2)c1C. The highest BCUT2D eigenvalue weighted by atomic mass is 16.1. The Morgan fingerprint density at radius 3 is 2.92 bits per heavy atom. The molecule has 0 saturated heterocycles. The highest BCUT2D eigenvalue weighted by Crippen LogP contribution is 2.27. The van der Waals surface area contributed by atoms with Gasteiger partial charge in [-0.15, -0.1) is 0 Å². The van der Waals surface area contributed by atoms with E-state index < -0.39 is 0 Å². The molecule has 3 aromatic rings. The largest absolute Gasteiger partial charge is 0.338 e. The topological polar surface area (TPSA) is 77.7 Å². The molecule has 1 aliphatic rings. The van der Waals surface area contributed by atoms with E-state index in [9.17, 15) is 4.79 Å². The summed E-state index contributed by atoms with van der Waals surface area (Å²) in [5.41, 5.74) is 5.69. The quantitative estimate of drug-likeness (QED) is 0.760. The van der Waals surface area contributed by atoms with Crippen LogP contribution in [0.5, 0.6) is 0 Å². The second-order valence-electron chi connectivity index (χ2n) is 6.19. The van der Waals surface area contributed by atoms with Gasteiger partial charge in [0.1, 0.15) is 5.39 Å². The van der Waals surface area contributed by atoms with E-state index in [0.717, 1.165) is 19.5 Å². The molecule has 3 heterocycles. The van der Waals surface area contributed by atoms with Gasteiger partial charge in [0, 0.05) is 13.1 Å². The predicted octanol–water partition coefficient (Wildman–Crippen LogP) is 2.56. The second-order valence-corrected chi connectivity index (χ2v) is 6.19. The summed E-state index contributed by atoms with van der Waals surface area (Å²) in [6.45, 7) is 5.86. The number of aryl methyl sites for hydroxylation is 1. The van der Waals surface area contributed by atoms with Gasteiger partial charge in [0.05, 0.1) is 6.20 Å². The molecule has 0 bridgehead atoms. The van der Waals surface area contributed by atoms with E-state index in [1.54, 1.807) is 0 Å². The van der Waals surface area contributed by atoms with Crippen molar-refractivity contribution in [3.8, 4) is 0 Å². The standard InChI is InChI=1S/C18H19N5O/c1-11-4-3-5-14(12(11)2)13-6-8-23(9-7-13)18-20-16-15(10-19-22-16)17(24)21-18/h3-6,10H,7-9H2,1-2H3,(H2,19,20,21,22,24). The molecule has 0 saturated carbocycles. The van der Waals surface area contributed by atoms with Crippen LogP contribution in [0.25, 0.3) is 16.6 Å². The van der Waals surface area contributed by atoms with Crippen molar-refractivity contribution < 1.29 is 0 Å². The van der Waals surface area contributed by atoms with Gasteiger partial charge in [-0.05, 0) is 42.5 Å². The number of nitrogens with one attached hydrogen (secondary N) is 2. The molecule has 6 nitrogen and oxygen atoms in total. The average Bonchev–Trinajstić information content (AvgIpc) is 3.07. The van der Waals surface area contributed by atoms with Crippen LogP contribution in [0.15, 0.2) is 35.3 Å². The molecule has 0 unspecified atom stereocenters. The Labute approximate surface area is 139 Å². The third-order valence-corrected chi connectivity index (χ3v) is 4.77. The number of hydrogen-bond donors (Lipinski definition) is 2. The number of H-pyrrole nitrogens is 2. The van der Waals surface area contributed by atoms with Gasteiger partial charge >= 0.3 is 0 Å². The minimum absolute atomic E-state index is 0.159. The van der Waals surface area contributed by atoms with Crippen LogP contribution in [0.2, 0.25) is 0 Å². The molecule has 0 aliphatic carbocycles. The van der Waals surface area contributed by atoms with Crippen molar-refractivity contribution in [3.05, 3.63) is 57.5 Å². The third kappa shape index (κ3) is 2.40. The Kier molecular flexibility index (Phi) is 3.45. The molecule has 1 aliphatic heterocycles. The average molecular weight is 321 g/mol. The summed E-state index contributed by atoms with van der Waals surface area (Å²) in [7, 11) is 0. The predicted molar refractivity (Wildman–Crippen MR) is 95.2 cm³/mol. The first-order valence-corrected chi connectivity index (χ1v) is 8.07. The van der Waals surface area contributed by atoms with Gasteiger partial charge in [-0.2, -0.15) is 10.1 Å². The Morgan fingerprint density at radius 1 is 1.25 bits per heavy atom. The van der Waals surface area contributed by atoms with Crippen molar-refractivity contribution in [1.82, 2.24) is 20.2 Å². The maximum Gasteiger partial charge on any atom is 0.263 e. The van der Waals surface area contributed by atoms with Crippen LogP contribution in [0.1, 0.15) is 23.1 Å². The molecular formula is C18H19N5O. The molecule has 1 aromatic carbocycles. The van der Waals surface area contributed by atoms with Gasteiger partial charge in [0.2, 0.25) is 5.95 Å². The van der Waals surface area contributed by atoms with Gasteiger partial charge < -0.3 is 4.90 Å². The third-order valence-electron chi connectivity index (χ3n) is 4.77. The smallest absolute Gasteiger partial charge is 0.263 e. The van der Waals surface area contributed by atoms with E-state index in [-0.39, 0.29) is 5.56 Å². The molecular weight excluding hydrogens is 302 g/mol. The first-order valence-electron chi connectivity index (χ1n) is 8.07. The lowest BCUT2D eigenvalue weighted by Crippen LogP contribution is -2.31. The highest BCUT2D eigenvalue weighted by Gasteiger charge is 2.17. The molecule has 0 amide bonds. The minimum Gasteiger partial charge on any atom is -0.338 e. The number of rotatable bonds is 2. The summed E-state index contributed by atoms with van der Waals surface area (Å²) in [6.07, 6.45) is 4.65. The maximum atomic E-state index is 12.1. The number of anilines is 1. The van der Waals surface area contributed by atoms with E-state index in [2.05, 4.69) is 63.2 Å². The lowest BCUT2D eigenvalue weighted by molar-refractivity contribution is 0.796. The van der Waals surface area contributed by atoms with Crippen molar-refractivity contribution in [1.29, 1.82) is 0 Å². The Hall–Kier alpha value is -2.89. The molecule has 122 valence electrons. The Balaban J connectivity index is 1.63. The van der Waals surface area contributed by atoms with E-state index in [4.69, 9.17) is 0 Å². The summed E-state index contributed by atoms with van der Waals surface area (Å²) in [5.74, 6) is 0.591. The number of fused-ring (bicyclic) bond motifs is 1. The molecule has 0 radical (unpaired) electrons. The van der Waals surface area contributed by atoms with E-state index in [1.807, 2.05) is 0 Å². The van der Waals surface area contributed by atoms with Crippen molar-refractivity contribution in [3.63, 3.8) is 0 Å². The van der Waals surface area contributed by atoms with Gasteiger partial charge in [-0.25, -0.2) is 0 Å². The maximum absolute atomic E-state index is 12.1. The number of nitrogens with zero attached hydrogens (tertiary/aromatic N) is 3. The fraction of sp³-hybridized carbons (Fsp3) is 0.278.